The van der Waals surface area contributed by atoms with Crippen molar-refractivity contribution in [1.82, 2.24) is 21.3 Å². The fraction of sp³-hybridized carbons (Fsp3) is 0.972. The highest BCUT2D eigenvalue weighted by Gasteiger charge is 2.38. The first-order chi connectivity index (χ1) is 20.6. The minimum atomic E-state index is 0.176. The Bertz CT molecular complexity index is 581. The maximum absolute atomic E-state index is 12.5. The molecule has 42 heavy (non-hydrogen) atoms. The molecule has 250 valence electrons. The van der Waals surface area contributed by atoms with E-state index in [4.69, 9.17) is 4.74 Å². The number of amides is 1. The highest BCUT2D eigenvalue weighted by molar-refractivity contribution is 5.78. The van der Waals surface area contributed by atoms with E-state index < -0.39 is 0 Å². The number of epoxide rings is 1. The van der Waals surface area contributed by atoms with Gasteiger partial charge in [0.2, 0.25) is 5.91 Å². The lowest BCUT2D eigenvalue weighted by Gasteiger charge is -2.19. The molecule has 1 heterocycles. The number of nitrogens with one attached hydrogen (secondary N) is 4. The zero-order valence-corrected chi connectivity index (χ0v) is 28.7. The van der Waals surface area contributed by atoms with Gasteiger partial charge in [0.1, 0.15) is 0 Å². The van der Waals surface area contributed by atoms with Crippen LogP contribution in [0.4, 0.5) is 0 Å². The maximum atomic E-state index is 12.5. The average molecular weight is 595 g/mol. The van der Waals surface area contributed by atoms with E-state index >= 15 is 0 Å². The number of ether oxygens (including phenoxy) is 1. The third kappa shape index (κ3) is 23.7. The molecule has 1 aliphatic heterocycles. The predicted octanol–water partition coefficient (Wildman–Crippen LogP) is 8.59. The number of rotatable bonds is 33. The first kappa shape index (κ1) is 39.3. The van der Waals surface area contributed by atoms with Crippen molar-refractivity contribution in [2.45, 2.75) is 194 Å². The second-order valence-electron chi connectivity index (χ2n) is 13.1. The maximum Gasteiger partial charge on any atom is 0.234 e. The normalized spacial score (nSPS) is 17.2. The SMILES string of the molecule is CCCCCCCC(CCCCC)NC(=O)CNCCCCCCCNC1OC1NCC(CCCCC)CCCCC. The zero-order chi connectivity index (χ0) is 30.5. The number of unbranched alkanes of at least 4 members (excludes halogenated alkanes) is 14. The second-order valence-corrected chi connectivity index (χ2v) is 13.1. The molecule has 1 saturated heterocycles. The molecule has 0 saturated carbocycles. The van der Waals surface area contributed by atoms with E-state index in [2.05, 4.69) is 49.0 Å². The van der Waals surface area contributed by atoms with Gasteiger partial charge in [-0.2, -0.15) is 0 Å². The van der Waals surface area contributed by atoms with E-state index in [0.717, 1.165) is 44.8 Å². The fourth-order valence-electron chi connectivity index (χ4n) is 5.97. The summed E-state index contributed by atoms with van der Waals surface area (Å²) in [6.45, 7) is 12.6. The van der Waals surface area contributed by atoms with Crippen LogP contribution >= 0.6 is 0 Å². The molecule has 0 aliphatic carbocycles. The molecular formula is C36H74N4O2. The highest BCUT2D eigenvalue weighted by atomic mass is 16.6. The van der Waals surface area contributed by atoms with Gasteiger partial charge in [-0.05, 0) is 57.5 Å². The van der Waals surface area contributed by atoms with Crippen molar-refractivity contribution in [3.05, 3.63) is 0 Å². The van der Waals surface area contributed by atoms with Crippen molar-refractivity contribution < 1.29 is 9.53 Å². The molecule has 0 bridgehead atoms. The van der Waals surface area contributed by atoms with Crippen LogP contribution in [0.1, 0.15) is 175 Å². The van der Waals surface area contributed by atoms with Gasteiger partial charge >= 0.3 is 0 Å². The number of carbonyl (C=O) groups is 1. The van der Waals surface area contributed by atoms with Crippen LogP contribution in [-0.4, -0.2) is 50.6 Å². The van der Waals surface area contributed by atoms with Gasteiger partial charge in [0.15, 0.2) is 12.5 Å². The summed E-state index contributed by atoms with van der Waals surface area (Å²) < 4.78 is 5.83. The monoisotopic (exact) mass is 595 g/mol. The Balaban J connectivity index is 2.00. The molecule has 1 amide bonds. The lowest BCUT2D eigenvalue weighted by Crippen LogP contribution is -2.40. The molecule has 0 aromatic heterocycles. The molecule has 1 fully saturated rings. The molecule has 0 spiro atoms. The van der Waals surface area contributed by atoms with E-state index in [-0.39, 0.29) is 18.4 Å². The van der Waals surface area contributed by atoms with Gasteiger partial charge in [0.25, 0.3) is 0 Å². The van der Waals surface area contributed by atoms with Crippen molar-refractivity contribution in [3.63, 3.8) is 0 Å². The Morgan fingerprint density at radius 2 is 1.05 bits per heavy atom. The summed E-state index contributed by atoms with van der Waals surface area (Å²) in [6.07, 6.45) is 29.8. The van der Waals surface area contributed by atoms with Gasteiger partial charge in [-0.25, -0.2) is 0 Å². The summed E-state index contributed by atoms with van der Waals surface area (Å²) in [7, 11) is 0. The fourth-order valence-corrected chi connectivity index (χ4v) is 5.97. The summed E-state index contributed by atoms with van der Waals surface area (Å²) in [4.78, 5) is 12.5. The van der Waals surface area contributed by atoms with E-state index in [1.807, 2.05) is 0 Å². The van der Waals surface area contributed by atoms with Crippen LogP contribution in [0.5, 0.6) is 0 Å². The van der Waals surface area contributed by atoms with Crippen molar-refractivity contribution in [2.24, 2.45) is 5.92 Å². The Morgan fingerprint density at radius 1 is 0.571 bits per heavy atom. The molecule has 1 aliphatic rings. The molecule has 0 radical (unpaired) electrons. The van der Waals surface area contributed by atoms with Gasteiger partial charge in [-0.1, -0.05) is 137 Å². The van der Waals surface area contributed by atoms with Crippen LogP contribution in [0.25, 0.3) is 0 Å². The Labute approximate surface area is 262 Å². The molecule has 6 nitrogen and oxygen atoms in total. The van der Waals surface area contributed by atoms with Crippen LogP contribution in [0.15, 0.2) is 0 Å². The average Bonchev–Trinajstić information content (AvgIpc) is 3.74. The summed E-state index contributed by atoms with van der Waals surface area (Å²) >= 11 is 0. The Morgan fingerprint density at radius 3 is 1.69 bits per heavy atom. The number of hydrogen-bond acceptors (Lipinski definition) is 5. The van der Waals surface area contributed by atoms with Gasteiger partial charge in [-0.3, -0.25) is 15.4 Å². The number of hydrogen-bond donors (Lipinski definition) is 4. The van der Waals surface area contributed by atoms with E-state index in [9.17, 15) is 4.79 Å². The third-order valence-electron chi connectivity index (χ3n) is 8.87. The minimum Gasteiger partial charge on any atom is -0.352 e. The van der Waals surface area contributed by atoms with Crippen LogP contribution < -0.4 is 21.3 Å². The standard InChI is InChI=1S/C36H74N4O2/c1-5-9-13-15-21-27-33(26-20-12-8-4)40-34(41)31-37-28-22-16-14-17-23-29-38-35-36(42-35)39-30-32(24-18-10-6-2)25-19-11-7-3/h32-33,35-39H,5-31H2,1-4H3,(H,40,41). The minimum absolute atomic E-state index is 0.176. The smallest absolute Gasteiger partial charge is 0.234 e. The molecular weight excluding hydrogens is 520 g/mol. The van der Waals surface area contributed by atoms with Crippen LogP contribution in [0.2, 0.25) is 0 Å². The second kappa shape index (κ2) is 29.0. The Hall–Kier alpha value is -0.690. The van der Waals surface area contributed by atoms with Gasteiger partial charge in [0, 0.05) is 12.6 Å². The highest BCUT2D eigenvalue weighted by Crippen LogP contribution is 2.21. The quantitative estimate of drug-likeness (QED) is 0.0452. The van der Waals surface area contributed by atoms with Crippen molar-refractivity contribution in [3.8, 4) is 0 Å². The van der Waals surface area contributed by atoms with Gasteiger partial charge in [-0.15, -0.1) is 0 Å². The third-order valence-corrected chi connectivity index (χ3v) is 8.87. The Kier molecular flexibility index (Phi) is 27.2. The van der Waals surface area contributed by atoms with E-state index in [1.54, 1.807) is 0 Å². The summed E-state index contributed by atoms with van der Waals surface area (Å²) in [6, 6.07) is 0.358. The predicted molar refractivity (Wildman–Crippen MR) is 182 cm³/mol. The summed E-state index contributed by atoms with van der Waals surface area (Å²) in [5.41, 5.74) is 0. The topological polar surface area (TPSA) is 77.7 Å². The first-order valence-electron chi connectivity index (χ1n) is 18.8. The van der Waals surface area contributed by atoms with Crippen molar-refractivity contribution >= 4 is 5.91 Å². The largest absolute Gasteiger partial charge is 0.352 e. The van der Waals surface area contributed by atoms with Crippen molar-refractivity contribution in [1.29, 1.82) is 0 Å². The molecule has 3 atom stereocenters. The lowest BCUT2D eigenvalue weighted by atomic mass is 9.95. The molecule has 1 rings (SSSR count). The summed E-state index contributed by atoms with van der Waals surface area (Å²) in [5.74, 6) is 0.976. The summed E-state index contributed by atoms with van der Waals surface area (Å²) in [5, 5.41) is 13.9. The molecule has 4 N–H and O–H groups in total. The molecule has 6 heteroatoms. The van der Waals surface area contributed by atoms with Gasteiger partial charge < -0.3 is 15.4 Å². The van der Waals surface area contributed by atoms with Crippen LogP contribution in [-0.2, 0) is 9.53 Å². The van der Waals surface area contributed by atoms with Crippen molar-refractivity contribution in [2.75, 3.05) is 26.2 Å². The van der Waals surface area contributed by atoms with Crippen LogP contribution in [0.3, 0.4) is 0 Å². The molecule has 0 aromatic carbocycles. The van der Waals surface area contributed by atoms with Crippen LogP contribution in [0, 0.1) is 5.92 Å². The molecule has 3 unspecified atom stereocenters. The lowest BCUT2D eigenvalue weighted by molar-refractivity contribution is -0.121. The van der Waals surface area contributed by atoms with Gasteiger partial charge in [0.05, 0.1) is 6.54 Å². The molecule has 0 aromatic rings. The number of carbonyl (C=O) groups excluding carboxylic acids is 1. The first-order valence-corrected chi connectivity index (χ1v) is 18.8. The van der Waals surface area contributed by atoms with E-state index in [1.165, 1.54) is 128 Å². The zero-order valence-electron chi connectivity index (χ0n) is 28.7. The van der Waals surface area contributed by atoms with E-state index in [0.29, 0.717) is 12.6 Å².